The Morgan fingerprint density at radius 2 is 1.90 bits per heavy atom. The summed E-state index contributed by atoms with van der Waals surface area (Å²) in [6.07, 6.45) is -3.01. The number of carbonyl (C=O) groups is 1. The van der Waals surface area contributed by atoms with E-state index < -0.39 is 11.9 Å². The van der Waals surface area contributed by atoms with Gasteiger partial charge in [0.15, 0.2) is 5.65 Å². The molecule has 7 nitrogen and oxygen atoms in total. The molecule has 10 heteroatoms. The number of hydrogen-bond acceptors (Lipinski definition) is 4. The number of likely N-dealkylation sites (tertiary alicyclic amines) is 1. The molecule has 0 N–H and O–H groups in total. The zero-order chi connectivity index (χ0) is 22.5. The van der Waals surface area contributed by atoms with Crippen LogP contribution in [0, 0.1) is 27.7 Å². The van der Waals surface area contributed by atoms with Crippen LogP contribution in [0.4, 0.5) is 13.2 Å². The van der Waals surface area contributed by atoms with Crippen molar-refractivity contribution in [2.75, 3.05) is 13.1 Å². The van der Waals surface area contributed by atoms with Crippen LogP contribution < -0.4 is 0 Å². The van der Waals surface area contributed by atoms with Crippen molar-refractivity contribution in [2.45, 2.75) is 59.2 Å². The molecule has 0 aliphatic carbocycles. The number of aromatic nitrogens is 5. The molecule has 1 unspecified atom stereocenters. The summed E-state index contributed by atoms with van der Waals surface area (Å²) in [4.78, 5) is 18.9. The first kappa shape index (κ1) is 21.3. The molecule has 3 aromatic rings. The quantitative estimate of drug-likeness (QED) is 0.632. The number of carbonyl (C=O) groups excluding carboxylic acids is 1. The maximum Gasteiger partial charge on any atom is 0.433 e. The molecule has 1 aliphatic heterocycles. The number of rotatable bonds is 3. The lowest BCUT2D eigenvalue weighted by Gasteiger charge is -2.32. The summed E-state index contributed by atoms with van der Waals surface area (Å²) in [5, 5.41) is 8.66. The second-order valence-corrected chi connectivity index (χ2v) is 8.25. The van der Waals surface area contributed by atoms with Crippen LogP contribution in [-0.4, -0.2) is 48.3 Å². The van der Waals surface area contributed by atoms with Gasteiger partial charge in [-0.3, -0.25) is 9.48 Å². The molecule has 1 aliphatic rings. The van der Waals surface area contributed by atoms with Gasteiger partial charge in [0, 0.05) is 36.5 Å². The van der Waals surface area contributed by atoms with Crippen LogP contribution in [0.1, 0.15) is 52.8 Å². The molecular formula is C21H25F3N6O. The molecular weight excluding hydrogens is 409 g/mol. The standard InChI is InChI=1S/C21H25F3N6O/c1-12-8-18(21(22,23)24)30-19(25-12)9-17(27-30)16-6-5-7-28(10-16)20(31)11-29-15(4)13(2)14(3)26-29/h8-9,16H,5-7,10-11H2,1-4H3. The minimum Gasteiger partial charge on any atom is -0.340 e. The number of nitrogens with zero attached hydrogens (tertiary/aromatic N) is 6. The summed E-state index contributed by atoms with van der Waals surface area (Å²) in [5.41, 5.74) is 3.07. The third kappa shape index (κ3) is 4.03. The summed E-state index contributed by atoms with van der Waals surface area (Å²) in [6, 6.07) is 2.60. The van der Waals surface area contributed by atoms with Crippen molar-refractivity contribution >= 4 is 11.6 Å². The minimum absolute atomic E-state index is 0.0518. The fourth-order valence-electron chi connectivity index (χ4n) is 4.13. The number of amides is 1. The van der Waals surface area contributed by atoms with Crippen LogP contribution in [0.3, 0.4) is 0 Å². The first-order chi connectivity index (χ1) is 14.5. The van der Waals surface area contributed by atoms with Crippen LogP contribution in [0.25, 0.3) is 5.65 Å². The number of hydrogen-bond donors (Lipinski definition) is 0. The molecule has 4 rings (SSSR count). The SMILES string of the molecule is Cc1cc(C(F)(F)F)n2nc(C3CCCN(C(=O)Cn4nc(C)c(C)c4C)C3)cc2n1. The van der Waals surface area contributed by atoms with Gasteiger partial charge in [0.2, 0.25) is 5.91 Å². The Balaban J connectivity index is 1.56. The van der Waals surface area contributed by atoms with Crippen LogP contribution >= 0.6 is 0 Å². The number of halogens is 3. The Bertz CT molecular complexity index is 1150. The first-order valence-electron chi connectivity index (χ1n) is 10.3. The number of piperidine rings is 1. The molecule has 1 amide bonds. The van der Waals surface area contributed by atoms with Crippen molar-refractivity contribution in [1.29, 1.82) is 0 Å². The Hall–Kier alpha value is -2.91. The maximum atomic E-state index is 13.4. The van der Waals surface area contributed by atoms with E-state index in [9.17, 15) is 18.0 Å². The van der Waals surface area contributed by atoms with E-state index in [2.05, 4.69) is 15.2 Å². The Labute approximate surface area is 177 Å². The van der Waals surface area contributed by atoms with Crippen LogP contribution in [0.5, 0.6) is 0 Å². The van der Waals surface area contributed by atoms with Crippen molar-refractivity contribution in [1.82, 2.24) is 29.3 Å². The predicted octanol–water partition coefficient (Wildman–Crippen LogP) is 3.58. The van der Waals surface area contributed by atoms with Gasteiger partial charge < -0.3 is 4.90 Å². The fourth-order valence-corrected chi connectivity index (χ4v) is 4.13. The Morgan fingerprint density at radius 3 is 2.55 bits per heavy atom. The monoisotopic (exact) mass is 434 g/mol. The summed E-state index contributed by atoms with van der Waals surface area (Å²) < 4.78 is 42.9. The first-order valence-corrected chi connectivity index (χ1v) is 10.3. The zero-order valence-electron chi connectivity index (χ0n) is 18.0. The van der Waals surface area contributed by atoms with Crippen LogP contribution in [0.2, 0.25) is 0 Å². The van der Waals surface area contributed by atoms with Gasteiger partial charge in [-0.1, -0.05) is 0 Å². The lowest BCUT2D eigenvalue weighted by molar-refractivity contribution is -0.142. The molecule has 3 aromatic heterocycles. The molecule has 1 fully saturated rings. The van der Waals surface area contributed by atoms with Crippen LogP contribution in [-0.2, 0) is 17.5 Å². The van der Waals surface area contributed by atoms with E-state index in [1.54, 1.807) is 15.6 Å². The Kier molecular flexibility index (Phi) is 5.26. The van der Waals surface area contributed by atoms with Gasteiger partial charge in [0.05, 0.1) is 11.4 Å². The molecule has 0 saturated carbocycles. The van der Waals surface area contributed by atoms with Crippen molar-refractivity contribution in [2.24, 2.45) is 0 Å². The summed E-state index contributed by atoms with van der Waals surface area (Å²) >= 11 is 0. The number of alkyl halides is 3. The summed E-state index contributed by atoms with van der Waals surface area (Å²) in [5.74, 6) is -0.188. The van der Waals surface area contributed by atoms with Gasteiger partial charge in [-0.2, -0.15) is 23.4 Å². The Morgan fingerprint density at radius 1 is 1.16 bits per heavy atom. The van der Waals surface area contributed by atoms with Gasteiger partial charge in [0.1, 0.15) is 12.2 Å². The molecule has 31 heavy (non-hydrogen) atoms. The average molecular weight is 434 g/mol. The highest BCUT2D eigenvalue weighted by atomic mass is 19.4. The second-order valence-electron chi connectivity index (χ2n) is 8.25. The molecule has 0 bridgehead atoms. The highest BCUT2D eigenvalue weighted by Crippen LogP contribution is 2.32. The van der Waals surface area contributed by atoms with Crippen molar-refractivity contribution in [3.05, 3.63) is 46.2 Å². The van der Waals surface area contributed by atoms with Gasteiger partial charge >= 0.3 is 6.18 Å². The molecule has 1 atom stereocenters. The molecule has 4 heterocycles. The summed E-state index contributed by atoms with van der Waals surface area (Å²) in [7, 11) is 0. The third-order valence-corrected chi connectivity index (χ3v) is 6.09. The molecule has 0 radical (unpaired) electrons. The highest BCUT2D eigenvalue weighted by Gasteiger charge is 2.35. The van der Waals surface area contributed by atoms with Crippen molar-refractivity contribution in [3.8, 4) is 0 Å². The average Bonchev–Trinajstić information content (AvgIpc) is 3.23. The number of aryl methyl sites for hydroxylation is 2. The lowest BCUT2D eigenvalue weighted by atomic mass is 9.95. The topological polar surface area (TPSA) is 68.3 Å². The lowest BCUT2D eigenvalue weighted by Crippen LogP contribution is -2.41. The van der Waals surface area contributed by atoms with Gasteiger partial charge in [-0.25, -0.2) is 9.50 Å². The van der Waals surface area contributed by atoms with E-state index in [4.69, 9.17) is 0 Å². The van der Waals surface area contributed by atoms with E-state index in [-0.39, 0.29) is 29.7 Å². The molecule has 0 spiro atoms. The minimum atomic E-state index is -4.53. The second kappa shape index (κ2) is 7.65. The number of fused-ring (bicyclic) bond motifs is 1. The molecule has 166 valence electrons. The van der Waals surface area contributed by atoms with E-state index in [0.717, 1.165) is 40.4 Å². The van der Waals surface area contributed by atoms with Gasteiger partial charge in [-0.05, 0) is 52.2 Å². The van der Waals surface area contributed by atoms with Gasteiger partial charge in [0.25, 0.3) is 0 Å². The van der Waals surface area contributed by atoms with Gasteiger partial charge in [-0.15, -0.1) is 0 Å². The van der Waals surface area contributed by atoms with E-state index >= 15 is 0 Å². The third-order valence-electron chi connectivity index (χ3n) is 6.09. The smallest absolute Gasteiger partial charge is 0.340 e. The fraction of sp³-hybridized carbons (Fsp3) is 0.524. The van der Waals surface area contributed by atoms with Crippen molar-refractivity contribution in [3.63, 3.8) is 0 Å². The summed E-state index contributed by atoms with van der Waals surface area (Å²) in [6.45, 7) is 8.54. The van der Waals surface area contributed by atoms with Crippen LogP contribution in [0.15, 0.2) is 12.1 Å². The predicted molar refractivity (Wildman–Crippen MR) is 108 cm³/mol. The van der Waals surface area contributed by atoms with E-state index in [1.807, 2.05) is 20.8 Å². The normalized spacial score (nSPS) is 17.5. The van der Waals surface area contributed by atoms with E-state index in [1.165, 1.54) is 6.92 Å². The molecule has 0 aromatic carbocycles. The highest BCUT2D eigenvalue weighted by molar-refractivity contribution is 5.76. The largest absolute Gasteiger partial charge is 0.433 e. The maximum absolute atomic E-state index is 13.4. The van der Waals surface area contributed by atoms with E-state index in [0.29, 0.717) is 18.8 Å². The van der Waals surface area contributed by atoms with Crippen molar-refractivity contribution < 1.29 is 18.0 Å². The molecule has 1 saturated heterocycles. The zero-order valence-corrected chi connectivity index (χ0v) is 18.0.